The minimum absolute atomic E-state index is 0.168. The van der Waals surface area contributed by atoms with Gasteiger partial charge in [0.2, 0.25) is 5.91 Å². The number of ether oxygens (including phenoxy) is 1. The summed E-state index contributed by atoms with van der Waals surface area (Å²) >= 11 is 0. The average molecular weight is 276 g/mol. The van der Waals surface area contributed by atoms with Crippen molar-refractivity contribution in [3.05, 3.63) is 29.3 Å². The molecular weight excluding hydrogens is 252 g/mol. The van der Waals surface area contributed by atoms with E-state index in [0.29, 0.717) is 19.0 Å². The summed E-state index contributed by atoms with van der Waals surface area (Å²) in [6.45, 7) is 3.41. The minimum Gasteiger partial charge on any atom is -0.496 e. The van der Waals surface area contributed by atoms with Crippen molar-refractivity contribution in [3.63, 3.8) is 0 Å². The van der Waals surface area contributed by atoms with E-state index >= 15 is 0 Å². The Balaban J connectivity index is 1.87. The van der Waals surface area contributed by atoms with Crippen LogP contribution in [0.25, 0.3) is 0 Å². The lowest BCUT2D eigenvalue weighted by Gasteiger charge is -2.19. The van der Waals surface area contributed by atoms with Gasteiger partial charge in [-0.2, -0.15) is 0 Å². The third kappa shape index (κ3) is 4.23. The highest BCUT2D eigenvalue weighted by atomic mass is 16.5. The smallest absolute Gasteiger partial charge is 0.223 e. The summed E-state index contributed by atoms with van der Waals surface area (Å²) in [5.41, 5.74) is 2.23. The number of carbonyl (C=O) groups is 1. The zero-order valence-electron chi connectivity index (χ0n) is 12.6. The van der Waals surface area contributed by atoms with E-state index in [2.05, 4.69) is 11.4 Å². The molecule has 0 unspecified atom stereocenters. The molecule has 1 aromatic carbocycles. The van der Waals surface area contributed by atoms with E-state index < -0.39 is 0 Å². The molecule has 0 aromatic heterocycles. The van der Waals surface area contributed by atoms with Gasteiger partial charge in [-0.1, -0.05) is 17.7 Å². The molecule has 0 aliphatic heterocycles. The number of nitrogens with zero attached hydrogens (tertiary/aromatic N) is 1. The fourth-order valence-corrected chi connectivity index (χ4v) is 2.24. The number of rotatable bonds is 7. The van der Waals surface area contributed by atoms with Gasteiger partial charge in [0.1, 0.15) is 5.75 Å². The Kier molecular flexibility index (Phi) is 5.01. The molecule has 1 aliphatic carbocycles. The van der Waals surface area contributed by atoms with Gasteiger partial charge in [-0.25, -0.2) is 0 Å². The van der Waals surface area contributed by atoms with E-state index in [9.17, 15) is 4.79 Å². The van der Waals surface area contributed by atoms with Gasteiger partial charge in [-0.3, -0.25) is 4.79 Å². The van der Waals surface area contributed by atoms with Crippen LogP contribution in [0.15, 0.2) is 18.2 Å². The van der Waals surface area contributed by atoms with Crippen LogP contribution in [0, 0.1) is 6.92 Å². The largest absolute Gasteiger partial charge is 0.496 e. The molecule has 4 heteroatoms. The molecule has 1 aromatic rings. The monoisotopic (exact) mass is 276 g/mol. The molecule has 4 nitrogen and oxygen atoms in total. The van der Waals surface area contributed by atoms with Gasteiger partial charge < -0.3 is 15.0 Å². The second-order valence-electron chi connectivity index (χ2n) is 5.54. The van der Waals surface area contributed by atoms with Crippen LogP contribution in [0.3, 0.4) is 0 Å². The van der Waals surface area contributed by atoms with E-state index in [1.54, 1.807) is 12.0 Å². The second-order valence-corrected chi connectivity index (χ2v) is 5.54. The zero-order valence-corrected chi connectivity index (χ0v) is 12.6. The molecule has 0 spiro atoms. The van der Waals surface area contributed by atoms with Crippen molar-refractivity contribution in [2.45, 2.75) is 38.8 Å². The van der Waals surface area contributed by atoms with Crippen LogP contribution in [0.1, 0.15) is 30.4 Å². The number of amides is 1. The number of carbonyl (C=O) groups excluding carboxylic acids is 1. The molecule has 1 N–H and O–H groups in total. The summed E-state index contributed by atoms with van der Waals surface area (Å²) in [7, 11) is 3.51. The highest BCUT2D eigenvalue weighted by Crippen LogP contribution is 2.21. The van der Waals surface area contributed by atoms with E-state index in [4.69, 9.17) is 4.74 Å². The molecule has 2 rings (SSSR count). The van der Waals surface area contributed by atoms with E-state index in [-0.39, 0.29) is 5.91 Å². The SMILES string of the molecule is COc1ccc(C)cc1CN(C)C(=O)CCNC1CC1. The van der Waals surface area contributed by atoms with Crippen molar-refractivity contribution in [2.24, 2.45) is 0 Å². The molecule has 0 heterocycles. The van der Waals surface area contributed by atoms with Crippen molar-refractivity contribution < 1.29 is 9.53 Å². The van der Waals surface area contributed by atoms with Crippen molar-refractivity contribution in [2.75, 3.05) is 20.7 Å². The molecule has 0 radical (unpaired) electrons. The van der Waals surface area contributed by atoms with Crippen molar-refractivity contribution in [1.82, 2.24) is 10.2 Å². The summed E-state index contributed by atoms with van der Waals surface area (Å²) in [6.07, 6.45) is 3.07. The lowest BCUT2D eigenvalue weighted by atomic mass is 10.1. The second kappa shape index (κ2) is 6.75. The Hall–Kier alpha value is -1.55. The highest BCUT2D eigenvalue weighted by Gasteiger charge is 2.20. The fraction of sp³-hybridized carbons (Fsp3) is 0.562. The van der Waals surface area contributed by atoms with Gasteiger partial charge >= 0.3 is 0 Å². The first-order chi connectivity index (χ1) is 9.60. The van der Waals surface area contributed by atoms with Crippen LogP contribution in [0.5, 0.6) is 5.75 Å². The fourth-order valence-electron chi connectivity index (χ4n) is 2.24. The zero-order chi connectivity index (χ0) is 14.5. The van der Waals surface area contributed by atoms with E-state index in [0.717, 1.165) is 17.9 Å². The first-order valence-electron chi connectivity index (χ1n) is 7.21. The normalized spacial score (nSPS) is 14.2. The molecular formula is C16H24N2O2. The van der Waals surface area contributed by atoms with Crippen LogP contribution < -0.4 is 10.1 Å². The maximum Gasteiger partial charge on any atom is 0.223 e. The minimum atomic E-state index is 0.168. The van der Waals surface area contributed by atoms with Crippen LogP contribution >= 0.6 is 0 Å². The van der Waals surface area contributed by atoms with Crippen molar-refractivity contribution in [1.29, 1.82) is 0 Å². The number of nitrogens with one attached hydrogen (secondary N) is 1. The number of methoxy groups -OCH3 is 1. The maximum atomic E-state index is 12.1. The molecule has 1 aliphatic rings. The van der Waals surface area contributed by atoms with Gasteiger partial charge in [0.05, 0.1) is 7.11 Å². The molecule has 0 atom stereocenters. The summed E-state index contributed by atoms with van der Waals surface area (Å²) in [4.78, 5) is 13.8. The van der Waals surface area contributed by atoms with Gasteiger partial charge in [0.25, 0.3) is 0 Å². The van der Waals surface area contributed by atoms with E-state index in [1.807, 2.05) is 26.1 Å². The lowest BCUT2D eigenvalue weighted by Crippen LogP contribution is -2.30. The molecule has 1 amide bonds. The van der Waals surface area contributed by atoms with Crippen LogP contribution in [0.2, 0.25) is 0 Å². The summed E-state index contributed by atoms with van der Waals surface area (Å²) in [5, 5.41) is 3.37. The van der Waals surface area contributed by atoms with Gasteiger partial charge in [0, 0.05) is 38.2 Å². The van der Waals surface area contributed by atoms with Crippen LogP contribution in [0.4, 0.5) is 0 Å². The Morgan fingerprint density at radius 2 is 2.20 bits per heavy atom. The molecule has 20 heavy (non-hydrogen) atoms. The Morgan fingerprint density at radius 1 is 1.45 bits per heavy atom. The first-order valence-corrected chi connectivity index (χ1v) is 7.21. The molecule has 0 saturated heterocycles. The van der Waals surface area contributed by atoms with Gasteiger partial charge in [-0.15, -0.1) is 0 Å². The third-order valence-corrected chi connectivity index (χ3v) is 3.62. The predicted octanol–water partition coefficient (Wildman–Crippen LogP) is 2.10. The Bertz CT molecular complexity index is 470. The molecule has 110 valence electrons. The van der Waals surface area contributed by atoms with Gasteiger partial charge in [0.15, 0.2) is 0 Å². The van der Waals surface area contributed by atoms with Gasteiger partial charge in [-0.05, 0) is 25.8 Å². The average Bonchev–Trinajstić information content (AvgIpc) is 3.23. The highest BCUT2D eigenvalue weighted by molar-refractivity contribution is 5.76. The standard InChI is InChI=1S/C16H24N2O2/c1-12-4-7-15(20-3)13(10-12)11-18(2)16(19)8-9-17-14-5-6-14/h4,7,10,14,17H,5-6,8-9,11H2,1-3H3. The number of hydrogen-bond acceptors (Lipinski definition) is 3. The number of hydrogen-bond donors (Lipinski definition) is 1. The number of benzene rings is 1. The quantitative estimate of drug-likeness (QED) is 0.829. The Labute approximate surface area is 121 Å². The summed E-state index contributed by atoms with van der Waals surface area (Å²) in [5.74, 6) is 1.01. The molecule has 1 saturated carbocycles. The van der Waals surface area contributed by atoms with Crippen LogP contribution in [-0.2, 0) is 11.3 Å². The lowest BCUT2D eigenvalue weighted by molar-refractivity contribution is -0.130. The van der Waals surface area contributed by atoms with Crippen LogP contribution in [-0.4, -0.2) is 37.6 Å². The van der Waals surface area contributed by atoms with E-state index in [1.165, 1.54) is 18.4 Å². The Morgan fingerprint density at radius 3 is 2.85 bits per heavy atom. The summed E-state index contributed by atoms with van der Waals surface area (Å²) in [6, 6.07) is 6.71. The van der Waals surface area contributed by atoms with Crippen molar-refractivity contribution >= 4 is 5.91 Å². The summed E-state index contributed by atoms with van der Waals surface area (Å²) < 4.78 is 5.35. The van der Waals surface area contributed by atoms with Crippen molar-refractivity contribution in [3.8, 4) is 5.75 Å². The molecule has 0 bridgehead atoms. The number of aryl methyl sites for hydroxylation is 1. The third-order valence-electron chi connectivity index (χ3n) is 3.62. The topological polar surface area (TPSA) is 41.6 Å². The predicted molar refractivity (Wildman–Crippen MR) is 79.8 cm³/mol. The maximum absolute atomic E-state index is 12.1. The molecule has 1 fully saturated rings. The first kappa shape index (κ1) is 14.9.